The van der Waals surface area contributed by atoms with E-state index < -0.39 is 6.10 Å². The Bertz CT molecular complexity index is 1080. The monoisotopic (exact) mass is 391 g/mol. The predicted octanol–water partition coefficient (Wildman–Crippen LogP) is 4.40. The van der Waals surface area contributed by atoms with Gasteiger partial charge in [-0.05, 0) is 60.5 Å². The Kier molecular flexibility index (Phi) is 4.12. The molecule has 3 aromatic carbocycles. The van der Waals surface area contributed by atoms with Crippen molar-refractivity contribution in [2.75, 3.05) is 11.7 Å². The molecule has 0 N–H and O–H groups in total. The first-order valence-corrected chi connectivity index (χ1v) is 9.32. The van der Waals surface area contributed by atoms with E-state index in [0.717, 1.165) is 11.1 Å². The van der Waals surface area contributed by atoms with Gasteiger partial charge in [0.25, 0.3) is 5.91 Å². The maximum Gasteiger partial charge on any atom is 0.271 e. The number of rotatable bonds is 4. The Hall–Kier alpha value is -3.54. The number of aryl methyl sites for hydroxylation is 1. The van der Waals surface area contributed by atoms with E-state index >= 15 is 0 Å². The first kappa shape index (κ1) is 17.6. The fraction of sp³-hybridized carbons (Fsp3) is 0.174. The van der Waals surface area contributed by atoms with Gasteiger partial charge >= 0.3 is 0 Å². The van der Waals surface area contributed by atoms with E-state index in [1.807, 2.05) is 49.4 Å². The van der Waals surface area contributed by atoms with Gasteiger partial charge in [0.2, 0.25) is 12.9 Å². The van der Waals surface area contributed by atoms with Gasteiger partial charge in [-0.2, -0.15) is 0 Å². The number of nitrogens with zero attached hydrogens (tertiary/aromatic N) is 1. The van der Waals surface area contributed by atoms with Crippen LogP contribution < -0.4 is 19.1 Å². The lowest BCUT2D eigenvalue weighted by atomic mass is 9.89. The van der Waals surface area contributed by atoms with Crippen LogP contribution in [0.2, 0.25) is 0 Å². The number of ether oxygens (including phenoxy) is 3. The van der Waals surface area contributed by atoms with Crippen molar-refractivity contribution in [3.8, 4) is 17.2 Å². The molecule has 0 saturated carbocycles. The molecular weight excluding hydrogens is 373 g/mol. The number of amides is 1. The smallest absolute Gasteiger partial charge is 0.271 e. The number of carbonyl (C=O) groups is 1. The van der Waals surface area contributed by atoms with E-state index in [1.165, 1.54) is 12.1 Å². The van der Waals surface area contributed by atoms with Crippen molar-refractivity contribution in [3.63, 3.8) is 0 Å². The van der Waals surface area contributed by atoms with Gasteiger partial charge in [0.1, 0.15) is 17.6 Å². The normalized spacial score (nSPS) is 19.8. The van der Waals surface area contributed by atoms with E-state index in [4.69, 9.17) is 14.2 Å². The average molecular weight is 391 g/mol. The fourth-order valence-corrected chi connectivity index (χ4v) is 3.71. The Morgan fingerprint density at radius 1 is 1.00 bits per heavy atom. The summed E-state index contributed by atoms with van der Waals surface area (Å²) in [6, 6.07) is 18.7. The Labute approximate surface area is 167 Å². The number of β-lactam (4-membered cyclic amide) rings is 1. The molecule has 2 atom stereocenters. The maximum atomic E-state index is 13.4. The second-order valence-electron chi connectivity index (χ2n) is 7.05. The number of hydrogen-bond donors (Lipinski definition) is 0. The minimum absolute atomic E-state index is 0.174. The van der Waals surface area contributed by atoms with Gasteiger partial charge in [-0.3, -0.25) is 9.69 Å². The number of carbonyl (C=O) groups excluding carboxylic acids is 1. The first-order chi connectivity index (χ1) is 14.1. The molecule has 0 spiro atoms. The standard InChI is InChI=1S/C23H18FNO4/c1-14-4-2-3-5-18(14)29-22-21(15-6-11-19-20(12-15)28-13-27-19)25(23(22)26)17-9-7-16(24)8-10-17/h2-12,21-22H,13H2,1H3. The third-order valence-electron chi connectivity index (χ3n) is 5.24. The summed E-state index contributed by atoms with van der Waals surface area (Å²) in [4.78, 5) is 14.7. The molecule has 2 heterocycles. The Balaban J connectivity index is 1.53. The SMILES string of the molecule is Cc1ccccc1OC1C(=O)N(c2ccc(F)cc2)C1c1ccc2c(c1)OCO2. The topological polar surface area (TPSA) is 48.0 Å². The molecule has 5 nitrogen and oxygen atoms in total. The number of benzene rings is 3. The summed E-state index contributed by atoms with van der Waals surface area (Å²) in [6.45, 7) is 2.11. The highest BCUT2D eigenvalue weighted by Gasteiger charge is 2.51. The number of fused-ring (bicyclic) bond motifs is 1. The summed E-state index contributed by atoms with van der Waals surface area (Å²) >= 11 is 0. The quantitative estimate of drug-likeness (QED) is 0.619. The lowest BCUT2D eigenvalue weighted by Gasteiger charge is -2.46. The van der Waals surface area contributed by atoms with Crippen LogP contribution in [0.15, 0.2) is 66.7 Å². The molecule has 0 radical (unpaired) electrons. The molecule has 5 rings (SSSR count). The largest absolute Gasteiger partial charge is 0.478 e. The Morgan fingerprint density at radius 3 is 2.55 bits per heavy atom. The van der Waals surface area contributed by atoms with Gasteiger partial charge in [-0.1, -0.05) is 24.3 Å². The second-order valence-corrected chi connectivity index (χ2v) is 7.05. The molecule has 1 amide bonds. The molecule has 2 aliphatic rings. The maximum absolute atomic E-state index is 13.4. The van der Waals surface area contributed by atoms with Crippen LogP contribution in [0, 0.1) is 12.7 Å². The molecule has 1 saturated heterocycles. The van der Waals surface area contributed by atoms with Crippen molar-refractivity contribution in [3.05, 3.63) is 83.7 Å². The highest BCUT2D eigenvalue weighted by atomic mass is 19.1. The van der Waals surface area contributed by atoms with E-state index in [2.05, 4.69) is 0 Å². The highest BCUT2D eigenvalue weighted by Crippen LogP contribution is 2.44. The van der Waals surface area contributed by atoms with Crippen molar-refractivity contribution >= 4 is 11.6 Å². The van der Waals surface area contributed by atoms with E-state index in [-0.39, 0.29) is 24.6 Å². The minimum Gasteiger partial charge on any atom is -0.478 e. The number of para-hydroxylation sites is 1. The zero-order valence-electron chi connectivity index (χ0n) is 15.7. The van der Waals surface area contributed by atoms with Crippen LogP contribution in [0.25, 0.3) is 0 Å². The molecule has 146 valence electrons. The number of halogens is 1. The molecule has 6 heteroatoms. The molecule has 2 aliphatic heterocycles. The molecule has 0 aliphatic carbocycles. The summed E-state index contributed by atoms with van der Waals surface area (Å²) < 4.78 is 30.4. The van der Waals surface area contributed by atoms with Gasteiger partial charge in [0, 0.05) is 5.69 Å². The second kappa shape index (κ2) is 6.81. The van der Waals surface area contributed by atoms with Crippen LogP contribution in [0.3, 0.4) is 0 Å². The first-order valence-electron chi connectivity index (χ1n) is 9.32. The lowest BCUT2D eigenvalue weighted by molar-refractivity contribution is -0.135. The zero-order valence-corrected chi connectivity index (χ0v) is 15.7. The van der Waals surface area contributed by atoms with Crippen LogP contribution in [-0.4, -0.2) is 18.8 Å². The molecular formula is C23H18FNO4. The lowest BCUT2D eigenvalue weighted by Crippen LogP contribution is -2.61. The van der Waals surface area contributed by atoms with E-state index in [1.54, 1.807) is 17.0 Å². The highest BCUT2D eigenvalue weighted by molar-refractivity contribution is 6.05. The van der Waals surface area contributed by atoms with Crippen LogP contribution in [0.4, 0.5) is 10.1 Å². The summed E-state index contributed by atoms with van der Waals surface area (Å²) in [5.41, 5.74) is 2.42. The molecule has 0 bridgehead atoms. The molecule has 0 aromatic heterocycles. The molecule has 2 unspecified atom stereocenters. The third-order valence-corrected chi connectivity index (χ3v) is 5.24. The van der Waals surface area contributed by atoms with Crippen LogP contribution >= 0.6 is 0 Å². The van der Waals surface area contributed by atoms with Crippen molar-refractivity contribution in [1.29, 1.82) is 0 Å². The van der Waals surface area contributed by atoms with Crippen molar-refractivity contribution in [1.82, 2.24) is 0 Å². The molecule has 3 aromatic rings. The van der Waals surface area contributed by atoms with Gasteiger partial charge in [0.05, 0.1) is 0 Å². The number of anilines is 1. The average Bonchev–Trinajstić information content (AvgIpc) is 3.20. The van der Waals surface area contributed by atoms with Crippen LogP contribution in [-0.2, 0) is 4.79 Å². The van der Waals surface area contributed by atoms with Crippen molar-refractivity contribution in [2.24, 2.45) is 0 Å². The summed E-state index contributed by atoms with van der Waals surface area (Å²) in [5, 5.41) is 0. The zero-order chi connectivity index (χ0) is 20.0. The Morgan fingerprint density at radius 2 is 1.76 bits per heavy atom. The predicted molar refractivity (Wildman–Crippen MR) is 105 cm³/mol. The van der Waals surface area contributed by atoms with Gasteiger partial charge < -0.3 is 14.2 Å². The summed E-state index contributed by atoms with van der Waals surface area (Å²) in [7, 11) is 0. The van der Waals surface area contributed by atoms with Gasteiger partial charge in [-0.25, -0.2) is 4.39 Å². The van der Waals surface area contributed by atoms with E-state index in [9.17, 15) is 9.18 Å². The number of hydrogen-bond acceptors (Lipinski definition) is 4. The van der Waals surface area contributed by atoms with Crippen LogP contribution in [0.5, 0.6) is 17.2 Å². The molecule has 29 heavy (non-hydrogen) atoms. The summed E-state index contributed by atoms with van der Waals surface area (Å²) in [6.07, 6.45) is -0.693. The van der Waals surface area contributed by atoms with Crippen LogP contribution in [0.1, 0.15) is 17.2 Å². The van der Waals surface area contributed by atoms with Gasteiger partial charge in [0.15, 0.2) is 11.5 Å². The van der Waals surface area contributed by atoms with Gasteiger partial charge in [-0.15, -0.1) is 0 Å². The van der Waals surface area contributed by atoms with Crippen molar-refractivity contribution in [2.45, 2.75) is 19.1 Å². The fourth-order valence-electron chi connectivity index (χ4n) is 3.71. The van der Waals surface area contributed by atoms with E-state index in [0.29, 0.717) is 22.9 Å². The minimum atomic E-state index is -0.693. The third kappa shape index (κ3) is 2.97. The molecule has 1 fully saturated rings. The van der Waals surface area contributed by atoms with Crippen molar-refractivity contribution < 1.29 is 23.4 Å². The summed E-state index contributed by atoms with van der Waals surface area (Å²) in [5.74, 6) is 1.44.